The third-order valence-electron chi connectivity index (χ3n) is 1.93. The molecule has 10 heteroatoms. The summed E-state index contributed by atoms with van der Waals surface area (Å²) < 4.78 is 68.8. The van der Waals surface area contributed by atoms with E-state index in [0.717, 1.165) is 0 Å². The van der Waals surface area contributed by atoms with Crippen LogP contribution in [0.15, 0.2) is 0 Å². The highest BCUT2D eigenvalue weighted by molar-refractivity contribution is 5.92. The fraction of sp³-hybridized carbons (Fsp3) is 0.200. The Balaban J connectivity index is 2.88. The van der Waals surface area contributed by atoms with Crippen LogP contribution in [0, 0.1) is 29.1 Å². The zero-order chi connectivity index (χ0) is 15.4. The topological polar surface area (TPSA) is 75.6 Å². The van der Waals surface area contributed by atoms with E-state index in [1.54, 1.807) is 0 Å². The number of anilines is 1. The van der Waals surface area contributed by atoms with E-state index in [9.17, 15) is 31.5 Å². The van der Waals surface area contributed by atoms with E-state index >= 15 is 0 Å². The summed E-state index contributed by atoms with van der Waals surface area (Å²) in [4.78, 5) is 21.2. The van der Waals surface area contributed by atoms with Gasteiger partial charge in [-0.25, -0.2) is 26.7 Å². The third-order valence-corrected chi connectivity index (χ3v) is 1.93. The zero-order valence-electron chi connectivity index (χ0n) is 9.48. The van der Waals surface area contributed by atoms with E-state index in [0.29, 0.717) is 0 Å². The van der Waals surface area contributed by atoms with E-state index in [2.05, 4.69) is 4.74 Å². The maximum Gasteiger partial charge on any atom is 0.329 e. The van der Waals surface area contributed by atoms with Gasteiger partial charge in [0.2, 0.25) is 5.82 Å². The molecule has 0 spiro atoms. The molecule has 1 aromatic rings. The van der Waals surface area contributed by atoms with Gasteiger partial charge < -0.3 is 15.2 Å². The van der Waals surface area contributed by atoms with Crippen LogP contribution in [-0.2, 0) is 14.3 Å². The Kier molecular flexibility index (Phi) is 4.97. The first-order chi connectivity index (χ1) is 9.25. The van der Waals surface area contributed by atoms with Crippen molar-refractivity contribution in [1.29, 1.82) is 0 Å². The van der Waals surface area contributed by atoms with Crippen LogP contribution in [-0.4, -0.2) is 30.2 Å². The Morgan fingerprint density at radius 3 is 1.80 bits per heavy atom. The molecule has 0 aliphatic carbocycles. The second-order valence-electron chi connectivity index (χ2n) is 3.38. The molecule has 0 aliphatic heterocycles. The van der Waals surface area contributed by atoms with Crippen molar-refractivity contribution in [1.82, 2.24) is 0 Å². The van der Waals surface area contributed by atoms with Crippen LogP contribution in [0.2, 0.25) is 0 Å². The van der Waals surface area contributed by atoms with Gasteiger partial charge in [-0.3, -0.25) is 4.79 Å². The van der Waals surface area contributed by atoms with Gasteiger partial charge in [-0.2, -0.15) is 0 Å². The first-order valence-corrected chi connectivity index (χ1v) is 4.86. The number of benzene rings is 1. The maximum atomic E-state index is 13.1. The molecule has 0 saturated heterocycles. The van der Waals surface area contributed by atoms with Gasteiger partial charge in [0.05, 0.1) is 0 Å². The first kappa shape index (κ1) is 15.8. The van der Waals surface area contributed by atoms with Crippen molar-refractivity contribution in [2.24, 2.45) is 0 Å². The van der Waals surface area contributed by atoms with Crippen molar-refractivity contribution in [2.45, 2.75) is 0 Å². The van der Waals surface area contributed by atoms with Gasteiger partial charge in [-0.1, -0.05) is 0 Å². The van der Waals surface area contributed by atoms with Crippen molar-refractivity contribution in [3.63, 3.8) is 0 Å². The number of carbonyl (C=O) groups is 2. The van der Waals surface area contributed by atoms with Crippen molar-refractivity contribution in [3.05, 3.63) is 29.1 Å². The van der Waals surface area contributed by atoms with E-state index in [1.807, 2.05) is 0 Å². The molecule has 0 aromatic heterocycles. The molecule has 0 radical (unpaired) electrons. The molecule has 20 heavy (non-hydrogen) atoms. The quantitative estimate of drug-likeness (QED) is 0.490. The Morgan fingerprint density at radius 2 is 1.35 bits per heavy atom. The summed E-state index contributed by atoms with van der Waals surface area (Å²) in [5.74, 6) is -13.9. The van der Waals surface area contributed by atoms with Gasteiger partial charge in [0.1, 0.15) is 18.9 Å². The van der Waals surface area contributed by atoms with Crippen LogP contribution in [0.25, 0.3) is 0 Å². The average Bonchev–Trinajstić information content (AvgIpc) is 2.39. The third kappa shape index (κ3) is 3.41. The Bertz CT molecular complexity index is 534. The number of carboxylic acids is 1. The molecular formula is C10H6F5NO4. The minimum Gasteiger partial charge on any atom is -0.480 e. The van der Waals surface area contributed by atoms with Gasteiger partial charge in [-0.05, 0) is 0 Å². The molecule has 0 atom stereocenters. The number of carbonyl (C=O) groups excluding carboxylic acids is 1. The summed E-state index contributed by atoms with van der Waals surface area (Å²) in [5, 5.41) is 9.60. The number of aliphatic carboxylic acids is 1. The summed E-state index contributed by atoms with van der Waals surface area (Å²) in [6, 6.07) is 0. The zero-order valence-corrected chi connectivity index (χ0v) is 9.48. The number of ether oxygens (including phenoxy) is 1. The number of nitrogens with one attached hydrogen (secondary N) is 1. The SMILES string of the molecule is O=C(O)COCC(=O)Nc1c(F)c(F)c(F)c(F)c1F. The van der Waals surface area contributed by atoms with Crippen molar-refractivity contribution in [3.8, 4) is 0 Å². The minimum absolute atomic E-state index is 0.871. The normalized spacial score (nSPS) is 10.4. The predicted molar refractivity (Wildman–Crippen MR) is 53.3 cm³/mol. The molecule has 5 nitrogen and oxygen atoms in total. The predicted octanol–water partition coefficient (Wildman–Crippen LogP) is 1.42. The van der Waals surface area contributed by atoms with Gasteiger partial charge in [-0.15, -0.1) is 0 Å². The highest BCUT2D eigenvalue weighted by atomic mass is 19.2. The lowest BCUT2D eigenvalue weighted by atomic mass is 10.2. The summed E-state index contributed by atoms with van der Waals surface area (Å²) in [5.41, 5.74) is -1.54. The van der Waals surface area contributed by atoms with Gasteiger partial charge in [0.15, 0.2) is 23.3 Å². The lowest BCUT2D eigenvalue weighted by Crippen LogP contribution is -2.23. The minimum atomic E-state index is -2.36. The van der Waals surface area contributed by atoms with Crippen LogP contribution in [0.1, 0.15) is 0 Å². The molecule has 110 valence electrons. The molecule has 1 amide bonds. The van der Waals surface area contributed by atoms with Crippen molar-refractivity contribution in [2.75, 3.05) is 18.5 Å². The molecule has 0 aliphatic rings. The molecule has 1 aromatic carbocycles. The number of carboxylic acid groups (broad SMARTS) is 1. The molecule has 2 N–H and O–H groups in total. The number of rotatable bonds is 5. The monoisotopic (exact) mass is 299 g/mol. The molecule has 0 unspecified atom stereocenters. The summed E-state index contributed by atoms with van der Waals surface area (Å²) >= 11 is 0. The van der Waals surface area contributed by atoms with E-state index in [-0.39, 0.29) is 0 Å². The Labute approximate surface area is 107 Å². The first-order valence-electron chi connectivity index (χ1n) is 4.86. The fourth-order valence-electron chi connectivity index (χ4n) is 1.12. The smallest absolute Gasteiger partial charge is 0.329 e. The molecule has 0 fully saturated rings. The highest BCUT2D eigenvalue weighted by Crippen LogP contribution is 2.26. The maximum absolute atomic E-state index is 13.1. The lowest BCUT2D eigenvalue weighted by molar-refractivity contribution is -0.143. The van der Waals surface area contributed by atoms with Gasteiger partial charge in [0, 0.05) is 0 Å². The number of hydrogen-bond donors (Lipinski definition) is 2. The van der Waals surface area contributed by atoms with E-state index in [1.165, 1.54) is 5.32 Å². The van der Waals surface area contributed by atoms with Crippen LogP contribution in [0.3, 0.4) is 0 Å². The molecule has 0 saturated carbocycles. The summed E-state index contributed by atoms with van der Waals surface area (Å²) in [6.07, 6.45) is 0. The van der Waals surface area contributed by atoms with Crippen molar-refractivity contribution >= 4 is 17.6 Å². The van der Waals surface area contributed by atoms with Crippen LogP contribution < -0.4 is 5.32 Å². The summed E-state index contributed by atoms with van der Waals surface area (Å²) in [6.45, 7) is -1.81. The van der Waals surface area contributed by atoms with Gasteiger partial charge in [0.25, 0.3) is 5.91 Å². The summed E-state index contributed by atoms with van der Waals surface area (Å²) in [7, 11) is 0. The standard InChI is InChI=1S/C10H6F5NO4/c11-5-6(12)8(14)10(9(15)7(5)13)16-3(17)1-20-2-4(18)19/h1-2H2,(H,16,17)(H,18,19). The molecular weight excluding hydrogens is 293 g/mol. The number of amides is 1. The largest absolute Gasteiger partial charge is 0.480 e. The lowest BCUT2D eigenvalue weighted by Gasteiger charge is -2.09. The second kappa shape index (κ2) is 6.28. The molecule has 1 rings (SSSR count). The van der Waals surface area contributed by atoms with E-state index in [4.69, 9.17) is 5.11 Å². The van der Waals surface area contributed by atoms with E-state index < -0.39 is 59.9 Å². The average molecular weight is 299 g/mol. The number of halogens is 5. The Hall–Kier alpha value is -2.23. The molecule has 0 heterocycles. The highest BCUT2D eigenvalue weighted by Gasteiger charge is 2.26. The second-order valence-corrected chi connectivity index (χ2v) is 3.38. The number of hydrogen-bond acceptors (Lipinski definition) is 3. The molecule has 0 bridgehead atoms. The van der Waals surface area contributed by atoms with Gasteiger partial charge >= 0.3 is 5.97 Å². The van der Waals surface area contributed by atoms with Crippen LogP contribution in [0.4, 0.5) is 27.6 Å². The fourth-order valence-corrected chi connectivity index (χ4v) is 1.12. The van der Waals surface area contributed by atoms with Crippen LogP contribution in [0.5, 0.6) is 0 Å². The Morgan fingerprint density at radius 1 is 0.900 bits per heavy atom. The van der Waals surface area contributed by atoms with Crippen molar-refractivity contribution < 1.29 is 41.4 Å². The van der Waals surface area contributed by atoms with Crippen LogP contribution >= 0.6 is 0 Å².